The maximum absolute atomic E-state index is 9.43. The van der Waals surface area contributed by atoms with Crippen LogP contribution in [0.3, 0.4) is 0 Å². The molecule has 0 radical (unpaired) electrons. The molecule has 8 aromatic rings. The Morgan fingerprint density at radius 2 is 1.02 bits per heavy atom. The first kappa shape index (κ1) is 21.3. The van der Waals surface area contributed by atoms with Crippen molar-refractivity contribution in [2.24, 2.45) is 0 Å². The second-order valence-electron chi connectivity index (χ2n) is 11.2. The van der Waals surface area contributed by atoms with Crippen molar-refractivity contribution in [2.45, 2.75) is 0 Å². The SMILES string of the molecule is N#Cc1ccc(-c2cc3c4c(c2)-n2c5ccccc5c5cccc(c52)B4c2cccc4c5ccccc5n-3c24)cc1. The normalized spacial score (nSPS) is 12.8. The summed E-state index contributed by atoms with van der Waals surface area (Å²) in [6.07, 6.45) is 0. The first-order valence-electron chi connectivity index (χ1n) is 14.1. The molecule has 4 heterocycles. The Bertz CT molecular complexity index is 2350. The maximum Gasteiger partial charge on any atom is 0.252 e. The lowest BCUT2D eigenvalue weighted by Gasteiger charge is -2.34. The Kier molecular flexibility index (Phi) is 3.82. The molecule has 0 spiro atoms. The van der Waals surface area contributed by atoms with E-state index in [-0.39, 0.29) is 6.71 Å². The predicted octanol–water partition coefficient (Wildman–Crippen LogP) is 6.56. The first-order chi connectivity index (χ1) is 20.3. The average molecular weight is 517 g/mol. The Balaban J connectivity index is 1.45. The number of nitrogens with zero attached hydrogens (tertiary/aromatic N) is 3. The fourth-order valence-corrected chi connectivity index (χ4v) is 7.73. The molecule has 0 fully saturated rings. The van der Waals surface area contributed by atoms with Crippen molar-refractivity contribution >= 4 is 66.7 Å². The van der Waals surface area contributed by atoms with Gasteiger partial charge in [-0.25, -0.2) is 0 Å². The molecule has 0 saturated carbocycles. The summed E-state index contributed by atoms with van der Waals surface area (Å²) in [6.45, 7) is 0.135. The van der Waals surface area contributed by atoms with Gasteiger partial charge in [-0.2, -0.15) is 5.26 Å². The molecular formula is C37H20BN3. The van der Waals surface area contributed by atoms with Crippen LogP contribution in [-0.2, 0) is 0 Å². The number of nitriles is 1. The highest BCUT2D eigenvalue weighted by molar-refractivity contribution is 7.00. The summed E-state index contributed by atoms with van der Waals surface area (Å²) in [4.78, 5) is 0. The second kappa shape index (κ2) is 7.35. The van der Waals surface area contributed by atoms with Crippen molar-refractivity contribution in [1.82, 2.24) is 9.13 Å². The van der Waals surface area contributed by atoms with E-state index in [2.05, 4.69) is 124 Å². The molecular weight excluding hydrogens is 497 g/mol. The molecule has 186 valence electrons. The number of benzene rings is 6. The Morgan fingerprint density at radius 1 is 0.512 bits per heavy atom. The average Bonchev–Trinajstić information content (AvgIpc) is 3.56. The van der Waals surface area contributed by atoms with Crippen LogP contribution < -0.4 is 16.4 Å². The largest absolute Gasteiger partial charge is 0.310 e. The Hall–Kier alpha value is -5.53. The minimum atomic E-state index is 0.135. The smallest absolute Gasteiger partial charge is 0.252 e. The van der Waals surface area contributed by atoms with Gasteiger partial charge in [-0.3, -0.25) is 0 Å². The van der Waals surface area contributed by atoms with Crippen molar-refractivity contribution in [1.29, 1.82) is 5.26 Å². The van der Waals surface area contributed by atoms with Gasteiger partial charge in [-0.15, -0.1) is 0 Å². The van der Waals surface area contributed by atoms with Crippen molar-refractivity contribution in [3.8, 4) is 28.6 Å². The van der Waals surface area contributed by atoms with Gasteiger partial charge in [0.25, 0.3) is 6.71 Å². The highest BCUT2D eigenvalue weighted by Gasteiger charge is 2.40. The fourth-order valence-electron chi connectivity index (χ4n) is 7.73. The fraction of sp³-hybridized carbons (Fsp3) is 0. The quantitative estimate of drug-likeness (QED) is 0.227. The van der Waals surface area contributed by atoms with E-state index in [1.165, 1.54) is 71.4 Å². The minimum absolute atomic E-state index is 0.135. The summed E-state index contributed by atoms with van der Waals surface area (Å²) in [5.74, 6) is 0. The van der Waals surface area contributed by atoms with Crippen molar-refractivity contribution < 1.29 is 0 Å². The summed E-state index contributed by atoms with van der Waals surface area (Å²) >= 11 is 0. The molecule has 0 N–H and O–H groups in total. The van der Waals surface area contributed by atoms with E-state index in [1.807, 2.05) is 12.1 Å². The van der Waals surface area contributed by atoms with E-state index >= 15 is 0 Å². The van der Waals surface area contributed by atoms with E-state index in [0.29, 0.717) is 5.56 Å². The molecule has 4 heteroatoms. The summed E-state index contributed by atoms with van der Waals surface area (Å²) in [7, 11) is 0. The Morgan fingerprint density at radius 3 is 1.56 bits per heavy atom. The van der Waals surface area contributed by atoms with Crippen LogP contribution in [0, 0.1) is 11.3 Å². The van der Waals surface area contributed by atoms with Crippen molar-refractivity contribution in [2.75, 3.05) is 0 Å². The van der Waals surface area contributed by atoms with Crippen LogP contribution in [0.4, 0.5) is 0 Å². The third kappa shape index (κ3) is 2.50. The predicted molar refractivity (Wildman–Crippen MR) is 170 cm³/mol. The number of para-hydroxylation sites is 4. The molecule has 0 amide bonds. The first-order valence-corrected chi connectivity index (χ1v) is 14.1. The van der Waals surface area contributed by atoms with Gasteiger partial charge < -0.3 is 9.13 Å². The van der Waals surface area contributed by atoms with E-state index in [4.69, 9.17) is 0 Å². The van der Waals surface area contributed by atoms with Gasteiger partial charge in [0.1, 0.15) is 0 Å². The number of fused-ring (bicyclic) bond motifs is 10. The zero-order chi connectivity index (χ0) is 26.8. The molecule has 0 atom stereocenters. The molecule has 6 aromatic carbocycles. The zero-order valence-corrected chi connectivity index (χ0v) is 22.0. The second-order valence-corrected chi connectivity index (χ2v) is 11.2. The molecule has 2 aliphatic rings. The van der Waals surface area contributed by atoms with Gasteiger partial charge in [0.15, 0.2) is 0 Å². The molecule has 0 unspecified atom stereocenters. The molecule has 0 bridgehead atoms. The van der Waals surface area contributed by atoms with Crippen LogP contribution in [0.2, 0.25) is 0 Å². The van der Waals surface area contributed by atoms with Gasteiger partial charge in [0, 0.05) is 44.0 Å². The van der Waals surface area contributed by atoms with Gasteiger partial charge >= 0.3 is 0 Å². The number of rotatable bonds is 1. The van der Waals surface area contributed by atoms with E-state index in [9.17, 15) is 5.26 Å². The van der Waals surface area contributed by atoms with Crippen LogP contribution in [0.5, 0.6) is 0 Å². The third-order valence-electron chi connectivity index (χ3n) is 9.33. The lowest BCUT2D eigenvalue weighted by Crippen LogP contribution is -2.59. The molecule has 0 saturated heterocycles. The van der Waals surface area contributed by atoms with Crippen LogP contribution in [0.1, 0.15) is 5.56 Å². The monoisotopic (exact) mass is 517 g/mol. The molecule has 2 aliphatic heterocycles. The summed E-state index contributed by atoms with van der Waals surface area (Å²) < 4.78 is 5.00. The van der Waals surface area contributed by atoms with E-state index in [1.54, 1.807) is 0 Å². The third-order valence-corrected chi connectivity index (χ3v) is 9.33. The van der Waals surface area contributed by atoms with E-state index < -0.39 is 0 Å². The standard InChI is InChI=1S/C37H20BN3/c39-21-22-15-17-23(18-16-22)24-19-33-35-34(20-24)41-32-14-4-2-8-26(32)28-10-6-12-30(37(28)41)38(35)29-11-5-9-27-25-7-1-3-13-31(25)40(33)36(27)29/h1-20H. The summed E-state index contributed by atoms with van der Waals surface area (Å²) in [5.41, 5.74) is 14.5. The van der Waals surface area contributed by atoms with Gasteiger partial charge in [-0.1, -0.05) is 84.9 Å². The van der Waals surface area contributed by atoms with Gasteiger partial charge in [-0.05, 0) is 63.9 Å². The molecule has 10 rings (SSSR count). The van der Waals surface area contributed by atoms with Gasteiger partial charge in [0.2, 0.25) is 0 Å². The lowest BCUT2D eigenvalue weighted by molar-refractivity contribution is 1.14. The molecule has 3 nitrogen and oxygen atoms in total. The zero-order valence-electron chi connectivity index (χ0n) is 22.0. The number of hydrogen-bond donors (Lipinski definition) is 0. The molecule has 2 aromatic heterocycles. The topological polar surface area (TPSA) is 33.6 Å². The highest BCUT2D eigenvalue weighted by atomic mass is 15.0. The Labute approximate surface area is 236 Å². The van der Waals surface area contributed by atoms with Crippen molar-refractivity contribution in [3.05, 3.63) is 127 Å². The van der Waals surface area contributed by atoms with Crippen LogP contribution >= 0.6 is 0 Å². The van der Waals surface area contributed by atoms with Crippen LogP contribution in [0.15, 0.2) is 121 Å². The summed E-state index contributed by atoms with van der Waals surface area (Å²) in [6, 6.07) is 46.2. The van der Waals surface area contributed by atoms with Crippen LogP contribution in [-0.4, -0.2) is 15.8 Å². The number of hydrogen-bond acceptors (Lipinski definition) is 1. The summed E-state index contributed by atoms with van der Waals surface area (Å²) in [5, 5.41) is 14.6. The molecule has 41 heavy (non-hydrogen) atoms. The highest BCUT2D eigenvalue weighted by Crippen LogP contribution is 2.40. The maximum atomic E-state index is 9.43. The van der Waals surface area contributed by atoms with E-state index in [0.717, 1.165) is 11.1 Å². The van der Waals surface area contributed by atoms with Gasteiger partial charge in [0.05, 0.1) is 22.7 Å². The van der Waals surface area contributed by atoms with Crippen molar-refractivity contribution in [3.63, 3.8) is 0 Å². The minimum Gasteiger partial charge on any atom is -0.310 e. The number of aromatic nitrogens is 2. The van der Waals surface area contributed by atoms with Crippen LogP contribution in [0.25, 0.3) is 66.1 Å². The lowest BCUT2D eigenvalue weighted by atomic mass is 9.34. The molecule has 0 aliphatic carbocycles.